The van der Waals surface area contributed by atoms with E-state index in [1.54, 1.807) is 11.3 Å². The van der Waals surface area contributed by atoms with Crippen LogP contribution >= 0.6 is 11.3 Å². The van der Waals surface area contributed by atoms with Gasteiger partial charge in [-0.2, -0.15) is 0 Å². The van der Waals surface area contributed by atoms with E-state index in [9.17, 15) is 0 Å². The highest BCUT2D eigenvalue weighted by Gasteiger charge is 2.30. The third kappa shape index (κ3) is 2.04. The molecule has 0 radical (unpaired) electrons. The summed E-state index contributed by atoms with van der Waals surface area (Å²) in [7, 11) is 0. The minimum atomic E-state index is -0.0210. The number of hydrogen-bond acceptors (Lipinski definition) is 5. The Labute approximate surface area is 110 Å². The SMILES string of the molecule is Cc1nc2cc(NC3(C)CCOC3)c(N)cc2s1. The van der Waals surface area contributed by atoms with Crippen molar-refractivity contribution in [3.63, 3.8) is 0 Å². The summed E-state index contributed by atoms with van der Waals surface area (Å²) in [5.41, 5.74) is 8.83. The number of thiazole rings is 1. The Morgan fingerprint density at radius 2 is 2.33 bits per heavy atom. The van der Waals surface area contributed by atoms with E-state index in [-0.39, 0.29) is 5.54 Å². The van der Waals surface area contributed by atoms with E-state index >= 15 is 0 Å². The second kappa shape index (κ2) is 4.10. The molecular formula is C13H17N3OS. The molecule has 0 amide bonds. The lowest BCUT2D eigenvalue weighted by molar-refractivity contribution is 0.185. The van der Waals surface area contributed by atoms with Gasteiger partial charge in [0.2, 0.25) is 0 Å². The molecule has 0 spiro atoms. The standard InChI is InChI=1S/C13H17N3OS/c1-8-15-11-6-10(9(14)5-12(11)18-8)16-13(2)3-4-17-7-13/h5-6,16H,3-4,7,14H2,1-2H3. The van der Waals surface area contributed by atoms with E-state index in [0.717, 1.165) is 46.2 Å². The molecule has 0 aliphatic carbocycles. The summed E-state index contributed by atoms with van der Waals surface area (Å²) < 4.78 is 6.59. The van der Waals surface area contributed by atoms with Gasteiger partial charge in [0.1, 0.15) is 0 Å². The number of nitrogens with zero attached hydrogens (tertiary/aromatic N) is 1. The molecular weight excluding hydrogens is 246 g/mol. The number of hydrogen-bond donors (Lipinski definition) is 2. The Morgan fingerprint density at radius 1 is 1.50 bits per heavy atom. The first-order valence-electron chi connectivity index (χ1n) is 6.08. The summed E-state index contributed by atoms with van der Waals surface area (Å²) in [5.74, 6) is 0. The highest BCUT2D eigenvalue weighted by atomic mass is 32.1. The Morgan fingerprint density at radius 3 is 3.06 bits per heavy atom. The predicted octanol–water partition coefficient (Wildman–Crippen LogP) is 2.78. The fourth-order valence-corrected chi connectivity index (χ4v) is 3.16. The second-order valence-corrected chi connectivity index (χ2v) is 6.36. The van der Waals surface area contributed by atoms with Crippen molar-refractivity contribution in [2.24, 2.45) is 0 Å². The summed E-state index contributed by atoms with van der Waals surface area (Å²) in [4.78, 5) is 4.50. The number of anilines is 2. The average Bonchev–Trinajstić information content (AvgIpc) is 2.85. The molecule has 3 N–H and O–H groups in total. The zero-order valence-electron chi connectivity index (χ0n) is 10.6. The van der Waals surface area contributed by atoms with Crippen molar-refractivity contribution in [1.29, 1.82) is 0 Å². The summed E-state index contributed by atoms with van der Waals surface area (Å²) in [5, 5.41) is 4.57. The highest BCUT2D eigenvalue weighted by molar-refractivity contribution is 7.18. The van der Waals surface area contributed by atoms with Gasteiger partial charge in [0.05, 0.1) is 38.7 Å². The first-order valence-corrected chi connectivity index (χ1v) is 6.90. The Kier molecular flexibility index (Phi) is 2.68. The van der Waals surface area contributed by atoms with Crippen molar-refractivity contribution < 1.29 is 4.74 Å². The number of ether oxygens (including phenoxy) is 1. The lowest BCUT2D eigenvalue weighted by Gasteiger charge is -2.25. The van der Waals surface area contributed by atoms with Crippen LogP contribution in [0.25, 0.3) is 10.2 Å². The molecule has 2 heterocycles. The van der Waals surface area contributed by atoms with Crippen molar-refractivity contribution in [1.82, 2.24) is 4.98 Å². The first kappa shape index (κ1) is 11.7. The van der Waals surface area contributed by atoms with Gasteiger partial charge in [-0.1, -0.05) is 0 Å². The van der Waals surface area contributed by atoms with E-state index in [0.29, 0.717) is 0 Å². The second-order valence-electron chi connectivity index (χ2n) is 5.13. The average molecular weight is 263 g/mol. The zero-order chi connectivity index (χ0) is 12.8. The lowest BCUT2D eigenvalue weighted by Crippen LogP contribution is -2.35. The number of nitrogens with two attached hydrogens (primary N) is 1. The van der Waals surface area contributed by atoms with E-state index < -0.39 is 0 Å². The van der Waals surface area contributed by atoms with Crippen LogP contribution in [-0.2, 0) is 4.74 Å². The Hall–Kier alpha value is -1.33. The fourth-order valence-electron chi connectivity index (χ4n) is 2.30. The van der Waals surface area contributed by atoms with Gasteiger partial charge in [0.15, 0.2) is 0 Å². The third-order valence-corrected chi connectivity index (χ3v) is 4.26. The quantitative estimate of drug-likeness (QED) is 0.818. The number of aryl methyl sites for hydroxylation is 1. The highest BCUT2D eigenvalue weighted by Crippen LogP contribution is 2.33. The number of aromatic nitrogens is 1. The Balaban J connectivity index is 1.98. The minimum Gasteiger partial charge on any atom is -0.397 e. The normalized spacial score (nSPS) is 23.7. The van der Waals surface area contributed by atoms with Crippen LogP contribution < -0.4 is 11.1 Å². The van der Waals surface area contributed by atoms with E-state index in [4.69, 9.17) is 10.5 Å². The summed E-state index contributed by atoms with van der Waals surface area (Å²) >= 11 is 1.67. The molecule has 0 bridgehead atoms. The molecule has 2 aromatic rings. The van der Waals surface area contributed by atoms with Gasteiger partial charge < -0.3 is 15.8 Å². The van der Waals surface area contributed by atoms with Crippen LogP contribution in [0.1, 0.15) is 18.4 Å². The van der Waals surface area contributed by atoms with Gasteiger partial charge in [0, 0.05) is 6.61 Å². The minimum absolute atomic E-state index is 0.0210. The molecule has 1 aromatic heterocycles. The molecule has 1 fully saturated rings. The van der Waals surface area contributed by atoms with Crippen LogP contribution in [0.4, 0.5) is 11.4 Å². The smallest absolute Gasteiger partial charge is 0.0907 e. The van der Waals surface area contributed by atoms with Crippen LogP contribution in [0, 0.1) is 6.92 Å². The monoisotopic (exact) mass is 263 g/mol. The van der Waals surface area contributed by atoms with Gasteiger partial charge in [-0.25, -0.2) is 4.98 Å². The molecule has 1 aliphatic rings. The molecule has 0 saturated carbocycles. The van der Waals surface area contributed by atoms with Gasteiger partial charge in [-0.05, 0) is 32.4 Å². The number of nitrogen functional groups attached to an aromatic ring is 1. The number of nitrogens with one attached hydrogen (secondary N) is 1. The molecule has 18 heavy (non-hydrogen) atoms. The van der Waals surface area contributed by atoms with Crippen molar-refractivity contribution in [2.45, 2.75) is 25.8 Å². The van der Waals surface area contributed by atoms with Crippen LogP contribution in [0.5, 0.6) is 0 Å². The summed E-state index contributed by atoms with van der Waals surface area (Å²) in [6, 6.07) is 4.04. The largest absolute Gasteiger partial charge is 0.397 e. The first-order chi connectivity index (χ1) is 8.56. The molecule has 1 aliphatic heterocycles. The van der Waals surface area contributed by atoms with Crippen LogP contribution in [0.15, 0.2) is 12.1 Å². The maximum atomic E-state index is 6.11. The van der Waals surface area contributed by atoms with Gasteiger partial charge in [-0.3, -0.25) is 0 Å². The molecule has 3 rings (SSSR count). The molecule has 5 heteroatoms. The predicted molar refractivity (Wildman–Crippen MR) is 76.2 cm³/mol. The summed E-state index contributed by atoms with van der Waals surface area (Å²) in [6.45, 7) is 5.71. The van der Waals surface area contributed by atoms with E-state index in [1.165, 1.54) is 0 Å². The molecule has 1 saturated heterocycles. The van der Waals surface area contributed by atoms with Gasteiger partial charge in [0.25, 0.3) is 0 Å². The molecule has 4 nitrogen and oxygen atoms in total. The number of fused-ring (bicyclic) bond motifs is 1. The molecule has 1 aromatic carbocycles. The fraction of sp³-hybridized carbons (Fsp3) is 0.462. The maximum Gasteiger partial charge on any atom is 0.0907 e. The molecule has 1 atom stereocenters. The van der Waals surface area contributed by atoms with Gasteiger partial charge in [-0.15, -0.1) is 11.3 Å². The van der Waals surface area contributed by atoms with Crippen molar-refractivity contribution in [2.75, 3.05) is 24.3 Å². The molecule has 96 valence electrons. The third-order valence-electron chi connectivity index (χ3n) is 3.32. The number of benzene rings is 1. The van der Waals surface area contributed by atoms with Gasteiger partial charge >= 0.3 is 0 Å². The van der Waals surface area contributed by atoms with Crippen molar-refractivity contribution in [3.05, 3.63) is 17.1 Å². The lowest BCUT2D eigenvalue weighted by atomic mass is 10.0. The topological polar surface area (TPSA) is 60.2 Å². The zero-order valence-corrected chi connectivity index (χ0v) is 11.4. The van der Waals surface area contributed by atoms with Crippen LogP contribution in [0.2, 0.25) is 0 Å². The van der Waals surface area contributed by atoms with E-state index in [1.807, 2.05) is 19.1 Å². The van der Waals surface area contributed by atoms with Crippen LogP contribution in [-0.4, -0.2) is 23.7 Å². The van der Waals surface area contributed by atoms with E-state index in [2.05, 4.69) is 17.2 Å². The number of rotatable bonds is 2. The van der Waals surface area contributed by atoms with Crippen molar-refractivity contribution in [3.8, 4) is 0 Å². The van der Waals surface area contributed by atoms with Crippen LogP contribution in [0.3, 0.4) is 0 Å². The molecule has 1 unspecified atom stereocenters. The maximum absolute atomic E-state index is 6.11. The van der Waals surface area contributed by atoms with Crippen molar-refractivity contribution >= 4 is 32.9 Å². The Bertz CT molecular complexity index is 587. The summed E-state index contributed by atoms with van der Waals surface area (Å²) in [6.07, 6.45) is 1.00.